The zero-order chi connectivity index (χ0) is 17.9. The van der Waals surface area contributed by atoms with Crippen molar-refractivity contribution in [3.8, 4) is 5.75 Å². The largest absolute Gasteiger partial charge is 0.497 e. The van der Waals surface area contributed by atoms with Crippen LogP contribution in [0.2, 0.25) is 0 Å². The van der Waals surface area contributed by atoms with Crippen molar-refractivity contribution >= 4 is 22.8 Å². The van der Waals surface area contributed by atoms with Gasteiger partial charge in [-0.05, 0) is 18.6 Å². The molecule has 7 heteroatoms. The molecule has 0 aliphatic rings. The molecule has 0 spiro atoms. The standard InChI is InChI=1S/C17H22N2O5/c1-17(2,7-8-20)15(22)16-18-12-9-11(23-3)5-6-13(12)19(16)10-14(21)24-4/h5-6,9,20H,7-8,10H2,1-4H3. The van der Waals surface area contributed by atoms with Crippen LogP contribution in [0.1, 0.15) is 30.9 Å². The van der Waals surface area contributed by atoms with Gasteiger partial charge in [-0.25, -0.2) is 4.98 Å². The number of ether oxygens (including phenoxy) is 2. The van der Waals surface area contributed by atoms with Gasteiger partial charge in [0.25, 0.3) is 0 Å². The number of carbonyl (C=O) groups excluding carboxylic acids is 2. The van der Waals surface area contributed by atoms with E-state index < -0.39 is 11.4 Å². The van der Waals surface area contributed by atoms with Gasteiger partial charge in [0.05, 0.1) is 25.3 Å². The summed E-state index contributed by atoms with van der Waals surface area (Å²) in [5, 5.41) is 9.19. The van der Waals surface area contributed by atoms with Gasteiger partial charge in [-0.15, -0.1) is 0 Å². The first-order valence-corrected chi connectivity index (χ1v) is 7.61. The summed E-state index contributed by atoms with van der Waals surface area (Å²) < 4.78 is 11.4. The molecule has 0 bridgehead atoms. The molecule has 0 aliphatic heterocycles. The SMILES string of the molecule is COC(=O)Cn1c(C(=O)C(C)(C)CCO)nc2cc(OC)ccc21. The highest BCUT2D eigenvalue weighted by molar-refractivity contribution is 6.00. The Balaban J connectivity index is 2.60. The Kier molecular flexibility index (Phi) is 5.23. The van der Waals surface area contributed by atoms with Crippen molar-refractivity contribution < 1.29 is 24.2 Å². The number of ketones is 1. The van der Waals surface area contributed by atoms with Gasteiger partial charge in [0.15, 0.2) is 5.82 Å². The number of hydrogen-bond donors (Lipinski definition) is 1. The minimum atomic E-state index is -0.798. The van der Waals surface area contributed by atoms with Crippen molar-refractivity contribution in [2.24, 2.45) is 5.41 Å². The number of carbonyl (C=O) groups is 2. The van der Waals surface area contributed by atoms with Crippen molar-refractivity contribution in [1.82, 2.24) is 9.55 Å². The van der Waals surface area contributed by atoms with Gasteiger partial charge < -0.3 is 19.1 Å². The normalized spacial score (nSPS) is 11.5. The van der Waals surface area contributed by atoms with Crippen molar-refractivity contribution in [2.45, 2.75) is 26.8 Å². The lowest BCUT2D eigenvalue weighted by atomic mass is 9.84. The molecule has 0 atom stereocenters. The van der Waals surface area contributed by atoms with Crippen LogP contribution in [0.5, 0.6) is 5.75 Å². The zero-order valence-electron chi connectivity index (χ0n) is 14.3. The molecule has 0 unspecified atom stereocenters. The number of fused-ring (bicyclic) bond motifs is 1. The number of aliphatic hydroxyl groups excluding tert-OH is 1. The van der Waals surface area contributed by atoms with E-state index in [0.29, 0.717) is 23.2 Å². The second-order valence-electron chi connectivity index (χ2n) is 6.14. The average molecular weight is 334 g/mol. The van der Waals surface area contributed by atoms with Crippen LogP contribution in [-0.4, -0.2) is 47.2 Å². The highest BCUT2D eigenvalue weighted by Crippen LogP contribution is 2.29. The molecule has 2 aromatic rings. The molecule has 1 heterocycles. The predicted octanol–water partition coefficient (Wildman–Crippen LogP) is 1.81. The Morgan fingerprint density at radius 3 is 2.58 bits per heavy atom. The molecular weight excluding hydrogens is 312 g/mol. The highest BCUT2D eigenvalue weighted by atomic mass is 16.5. The Bertz CT molecular complexity index is 764. The second-order valence-corrected chi connectivity index (χ2v) is 6.14. The van der Waals surface area contributed by atoms with E-state index in [9.17, 15) is 14.7 Å². The Morgan fingerprint density at radius 2 is 2.00 bits per heavy atom. The summed E-state index contributed by atoms with van der Waals surface area (Å²) in [5.74, 6) is 0.0655. The van der Waals surface area contributed by atoms with Crippen LogP contribution < -0.4 is 4.74 Å². The predicted molar refractivity (Wildman–Crippen MR) is 88.1 cm³/mol. The van der Waals surface area contributed by atoms with Crippen LogP contribution in [0.4, 0.5) is 0 Å². The van der Waals surface area contributed by atoms with Crippen LogP contribution in [0.3, 0.4) is 0 Å². The van der Waals surface area contributed by atoms with Gasteiger partial charge in [-0.1, -0.05) is 13.8 Å². The van der Waals surface area contributed by atoms with Crippen LogP contribution in [-0.2, 0) is 16.1 Å². The van der Waals surface area contributed by atoms with Gasteiger partial charge in [-0.2, -0.15) is 0 Å². The first kappa shape index (κ1) is 17.9. The Labute approximate surface area is 140 Å². The molecular formula is C17H22N2O5. The summed E-state index contributed by atoms with van der Waals surface area (Å²) >= 11 is 0. The van der Waals surface area contributed by atoms with Gasteiger partial charge in [0, 0.05) is 18.1 Å². The molecule has 0 saturated heterocycles. The number of esters is 1. The average Bonchev–Trinajstić information content (AvgIpc) is 2.91. The lowest BCUT2D eigenvalue weighted by Crippen LogP contribution is -2.29. The molecule has 1 N–H and O–H groups in total. The number of hydrogen-bond acceptors (Lipinski definition) is 6. The maximum Gasteiger partial charge on any atom is 0.325 e. The lowest BCUT2D eigenvalue weighted by molar-refractivity contribution is -0.141. The van der Waals surface area contributed by atoms with Crippen molar-refractivity contribution in [1.29, 1.82) is 0 Å². The molecule has 2 rings (SSSR count). The van der Waals surface area contributed by atoms with Crippen molar-refractivity contribution in [3.63, 3.8) is 0 Å². The van der Waals surface area contributed by atoms with Gasteiger partial charge in [0.2, 0.25) is 5.78 Å². The minimum absolute atomic E-state index is 0.107. The fourth-order valence-electron chi connectivity index (χ4n) is 2.46. The molecule has 0 fully saturated rings. The lowest BCUT2D eigenvalue weighted by Gasteiger charge is -2.21. The van der Waals surface area contributed by atoms with Crippen LogP contribution >= 0.6 is 0 Å². The third-order valence-electron chi connectivity index (χ3n) is 4.02. The molecule has 1 aromatic heterocycles. The highest BCUT2D eigenvalue weighted by Gasteiger charge is 2.32. The molecule has 0 amide bonds. The number of rotatable bonds is 7. The summed E-state index contributed by atoms with van der Waals surface area (Å²) in [7, 11) is 2.84. The minimum Gasteiger partial charge on any atom is -0.497 e. The summed E-state index contributed by atoms with van der Waals surface area (Å²) in [4.78, 5) is 29.0. The fourth-order valence-corrected chi connectivity index (χ4v) is 2.46. The molecule has 0 aliphatic carbocycles. The summed E-state index contributed by atoms with van der Waals surface area (Å²) in [6, 6.07) is 5.20. The number of benzene rings is 1. The summed E-state index contributed by atoms with van der Waals surface area (Å²) in [6.07, 6.45) is 0.302. The number of imidazole rings is 1. The molecule has 0 radical (unpaired) electrons. The fraction of sp³-hybridized carbons (Fsp3) is 0.471. The van der Waals surface area contributed by atoms with Crippen molar-refractivity contribution in [3.05, 3.63) is 24.0 Å². The van der Waals surface area contributed by atoms with Crippen LogP contribution in [0.25, 0.3) is 11.0 Å². The Morgan fingerprint density at radius 1 is 1.29 bits per heavy atom. The second kappa shape index (κ2) is 7.00. The van der Waals surface area contributed by atoms with E-state index >= 15 is 0 Å². The van der Waals surface area contributed by atoms with E-state index in [1.54, 1.807) is 43.7 Å². The Hall–Kier alpha value is -2.41. The summed E-state index contributed by atoms with van der Waals surface area (Å²) in [6.45, 7) is 3.27. The molecule has 1 aromatic carbocycles. The van der Waals surface area contributed by atoms with E-state index in [2.05, 4.69) is 4.98 Å². The maximum atomic E-state index is 12.9. The molecule has 7 nitrogen and oxygen atoms in total. The zero-order valence-corrected chi connectivity index (χ0v) is 14.3. The van der Waals surface area contributed by atoms with Gasteiger partial charge in [-0.3, -0.25) is 9.59 Å². The molecule has 24 heavy (non-hydrogen) atoms. The van der Waals surface area contributed by atoms with E-state index in [4.69, 9.17) is 9.47 Å². The first-order chi connectivity index (χ1) is 11.3. The van der Waals surface area contributed by atoms with Crippen LogP contribution in [0, 0.1) is 5.41 Å². The van der Waals surface area contributed by atoms with E-state index in [1.807, 2.05) is 0 Å². The van der Waals surface area contributed by atoms with Crippen molar-refractivity contribution in [2.75, 3.05) is 20.8 Å². The van der Waals surface area contributed by atoms with E-state index in [0.717, 1.165) is 0 Å². The topological polar surface area (TPSA) is 90.7 Å². The smallest absolute Gasteiger partial charge is 0.325 e. The summed E-state index contributed by atoms with van der Waals surface area (Å²) in [5.41, 5.74) is 0.402. The maximum absolute atomic E-state index is 12.9. The first-order valence-electron chi connectivity index (χ1n) is 7.61. The number of aliphatic hydroxyl groups is 1. The number of aromatic nitrogens is 2. The molecule has 130 valence electrons. The quantitative estimate of drug-likeness (QED) is 0.613. The number of Topliss-reactive ketones (excluding diaryl/α,β-unsaturated/α-hetero) is 1. The van der Waals surface area contributed by atoms with E-state index in [1.165, 1.54) is 7.11 Å². The number of methoxy groups -OCH3 is 2. The van der Waals surface area contributed by atoms with E-state index in [-0.39, 0.29) is 24.8 Å². The van der Waals surface area contributed by atoms with Crippen LogP contribution in [0.15, 0.2) is 18.2 Å². The third kappa shape index (κ3) is 3.41. The monoisotopic (exact) mass is 334 g/mol. The molecule has 0 saturated carbocycles. The number of nitrogens with zero attached hydrogens (tertiary/aromatic N) is 2. The van der Waals surface area contributed by atoms with Gasteiger partial charge >= 0.3 is 5.97 Å². The van der Waals surface area contributed by atoms with Gasteiger partial charge in [0.1, 0.15) is 12.3 Å². The third-order valence-corrected chi connectivity index (χ3v) is 4.02.